The zero-order valence-corrected chi connectivity index (χ0v) is 11.8. The third-order valence-corrected chi connectivity index (χ3v) is 4.60. The first-order valence-electron chi connectivity index (χ1n) is 7.42. The molecule has 0 spiro atoms. The molecular formula is C19H15NO. The van der Waals surface area contributed by atoms with Gasteiger partial charge in [0.15, 0.2) is 0 Å². The lowest BCUT2D eigenvalue weighted by molar-refractivity contribution is 0.279. The number of nitrogens with zero attached hydrogens (tertiary/aromatic N) is 1. The molecule has 5 rings (SSSR count). The van der Waals surface area contributed by atoms with Gasteiger partial charge in [-0.25, -0.2) is 0 Å². The summed E-state index contributed by atoms with van der Waals surface area (Å²) in [5, 5.41) is 2.60. The fraction of sp³-hybridized carbons (Fsp3) is 0.158. The molecule has 2 aliphatic heterocycles. The van der Waals surface area contributed by atoms with Crippen LogP contribution in [0.5, 0.6) is 5.75 Å². The number of fused-ring (bicyclic) bond motifs is 3. The topological polar surface area (TPSA) is 12.5 Å². The molecule has 0 aromatic heterocycles. The molecule has 2 heteroatoms. The van der Waals surface area contributed by atoms with Gasteiger partial charge in [0.1, 0.15) is 12.4 Å². The summed E-state index contributed by atoms with van der Waals surface area (Å²) >= 11 is 0. The minimum absolute atomic E-state index is 0.345. The molecule has 0 saturated heterocycles. The lowest BCUT2D eigenvalue weighted by Crippen LogP contribution is -2.38. The lowest BCUT2D eigenvalue weighted by Gasteiger charge is -2.41. The monoisotopic (exact) mass is 273 g/mol. The van der Waals surface area contributed by atoms with Crippen LogP contribution in [0.25, 0.3) is 21.9 Å². The molecule has 2 aliphatic rings. The molecule has 0 aliphatic carbocycles. The van der Waals surface area contributed by atoms with Gasteiger partial charge in [0.25, 0.3) is 0 Å². The SMILES string of the molecule is CC1COc2ccc3cccc4c3c2N1c1ccccc1-4. The summed E-state index contributed by atoms with van der Waals surface area (Å²) in [6.45, 7) is 2.96. The maximum Gasteiger partial charge on any atom is 0.143 e. The van der Waals surface area contributed by atoms with Gasteiger partial charge in [-0.3, -0.25) is 0 Å². The highest BCUT2D eigenvalue weighted by molar-refractivity contribution is 6.13. The number of para-hydroxylation sites is 1. The largest absolute Gasteiger partial charge is 0.489 e. The normalized spacial score (nSPS) is 18.3. The third kappa shape index (κ3) is 1.32. The quantitative estimate of drug-likeness (QED) is 0.586. The molecular weight excluding hydrogens is 258 g/mol. The fourth-order valence-electron chi connectivity index (χ4n) is 3.70. The minimum atomic E-state index is 0.345. The highest BCUT2D eigenvalue weighted by Gasteiger charge is 2.33. The van der Waals surface area contributed by atoms with Crippen molar-refractivity contribution >= 4 is 22.1 Å². The summed E-state index contributed by atoms with van der Waals surface area (Å²) in [6, 6.07) is 19.8. The molecule has 0 amide bonds. The predicted molar refractivity (Wildman–Crippen MR) is 86.5 cm³/mol. The Kier molecular flexibility index (Phi) is 2.02. The van der Waals surface area contributed by atoms with Crippen molar-refractivity contribution in [2.24, 2.45) is 0 Å². The summed E-state index contributed by atoms with van der Waals surface area (Å²) in [5.74, 6) is 1.00. The van der Waals surface area contributed by atoms with Gasteiger partial charge >= 0.3 is 0 Å². The number of anilines is 2. The second-order valence-electron chi connectivity index (χ2n) is 5.86. The van der Waals surface area contributed by atoms with Gasteiger partial charge in [0.2, 0.25) is 0 Å². The first-order valence-corrected chi connectivity index (χ1v) is 7.42. The van der Waals surface area contributed by atoms with Crippen LogP contribution in [0.2, 0.25) is 0 Å². The van der Waals surface area contributed by atoms with Crippen LogP contribution < -0.4 is 9.64 Å². The van der Waals surface area contributed by atoms with E-state index in [0.717, 1.165) is 12.4 Å². The summed E-state index contributed by atoms with van der Waals surface area (Å²) in [7, 11) is 0. The molecule has 21 heavy (non-hydrogen) atoms. The second-order valence-corrected chi connectivity index (χ2v) is 5.86. The van der Waals surface area contributed by atoms with Gasteiger partial charge in [-0.05, 0) is 30.0 Å². The van der Waals surface area contributed by atoms with Gasteiger partial charge in [0.05, 0.1) is 11.7 Å². The Bertz CT molecular complexity index is 884. The molecule has 0 saturated carbocycles. The third-order valence-electron chi connectivity index (χ3n) is 4.60. The number of rotatable bonds is 0. The molecule has 3 aromatic carbocycles. The number of ether oxygens (including phenoxy) is 1. The van der Waals surface area contributed by atoms with E-state index in [4.69, 9.17) is 4.74 Å². The van der Waals surface area contributed by atoms with Gasteiger partial charge in [0, 0.05) is 16.6 Å². The maximum absolute atomic E-state index is 5.98. The van der Waals surface area contributed by atoms with E-state index in [1.54, 1.807) is 0 Å². The van der Waals surface area contributed by atoms with Crippen LogP contribution >= 0.6 is 0 Å². The standard InChI is InChI=1S/C19H15NO/c1-12-11-21-17-10-9-13-5-4-7-15-14-6-2-3-8-16(14)20(12)19(17)18(13)15/h2-10,12H,11H2,1H3. The Balaban J connectivity index is 2.03. The molecule has 102 valence electrons. The van der Waals surface area contributed by atoms with Gasteiger partial charge in [-0.1, -0.05) is 42.5 Å². The van der Waals surface area contributed by atoms with E-state index in [1.165, 1.54) is 33.3 Å². The number of benzene rings is 3. The van der Waals surface area contributed by atoms with Crippen molar-refractivity contribution in [2.45, 2.75) is 13.0 Å². The fourth-order valence-corrected chi connectivity index (χ4v) is 3.70. The van der Waals surface area contributed by atoms with E-state index in [9.17, 15) is 0 Å². The van der Waals surface area contributed by atoms with Crippen LogP contribution in [-0.2, 0) is 0 Å². The van der Waals surface area contributed by atoms with Crippen molar-refractivity contribution < 1.29 is 4.74 Å². The van der Waals surface area contributed by atoms with Crippen molar-refractivity contribution in [3.05, 3.63) is 54.6 Å². The molecule has 0 N–H and O–H groups in total. The highest BCUT2D eigenvalue weighted by Crippen LogP contribution is 2.53. The molecule has 0 radical (unpaired) electrons. The first-order chi connectivity index (χ1) is 10.3. The molecule has 0 bridgehead atoms. The van der Waals surface area contributed by atoms with Crippen molar-refractivity contribution in [1.82, 2.24) is 0 Å². The van der Waals surface area contributed by atoms with Crippen LogP contribution in [0, 0.1) is 0 Å². The molecule has 1 atom stereocenters. The first kappa shape index (κ1) is 11.2. The molecule has 0 fully saturated rings. The van der Waals surface area contributed by atoms with E-state index in [0.29, 0.717) is 6.04 Å². The zero-order valence-electron chi connectivity index (χ0n) is 11.8. The summed E-state index contributed by atoms with van der Waals surface area (Å²) in [5.41, 5.74) is 5.16. The smallest absolute Gasteiger partial charge is 0.143 e. The minimum Gasteiger partial charge on any atom is -0.489 e. The lowest BCUT2D eigenvalue weighted by atomic mass is 9.89. The molecule has 1 unspecified atom stereocenters. The average Bonchev–Trinajstić information content (AvgIpc) is 2.54. The molecule has 3 aromatic rings. The Hall–Kier alpha value is -2.48. The Morgan fingerprint density at radius 3 is 2.76 bits per heavy atom. The van der Waals surface area contributed by atoms with Crippen molar-refractivity contribution in [3.63, 3.8) is 0 Å². The Morgan fingerprint density at radius 1 is 0.952 bits per heavy atom. The summed E-state index contributed by atoms with van der Waals surface area (Å²) in [4.78, 5) is 2.45. The average molecular weight is 273 g/mol. The number of hydrogen-bond acceptors (Lipinski definition) is 2. The molecule has 2 nitrogen and oxygen atoms in total. The Labute approximate surface area is 123 Å². The maximum atomic E-state index is 5.98. The number of hydrogen-bond donors (Lipinski definition) is 0. The van der Waals surface area contributed by atoms with E-state index in [1.807, 2.05) is 0 Å². The second kappa shape index (κ2) is 3.79. The van der Waals surface area contributed by atoms with Crippen LogP contribution in [0.3, 0.4) is 0 Å². The van der Waals surface area contributed by atoms with Crippen molar-refractivity contribution in [3.8, 4) is 16.9 Å². The van der Waals surface area contributed by atoms with Gasteiger partial charge < -0.3 is 9.64 Å². The van der Waals surface area contributed by atoms with Crippen LogP contribution in [0.15, 0.2) is 54.6 Å². The van der Waals surface area contributed by atoms with E-state index < -0.39 is 0 Å². The van der Waals surface area contributed by atoms with Gasteiger partial charge in [-0.15, -0.1) is 0 Å². The highest BCUT2D eigenvalue weighted by atomic mass is 16.5. The van der Waals surface area contributed by atoms with Crippen LogP contribution in [0.1, 0.15) is 6.92 Å². The van der Waals surface area contributed by atoms with Crippen molar-refractivity contribution in [1.29, 1.82) is 0 Å². The zero-order chi connectivity index (χ0) is 14.0. The van der Waals surface area contributed by atoms with E-state index in [2.05, 4.69) is 66.4 Å². The van der Waals surface area contributed by atoms with Crippen LogP contribution in [-0.4, -0.2) is 12.6 Å². The predicted octanol–water partition coefficient (Wildman–Crippen LogP) is 4.74. The van der Waals surface area contributed by atoms with E-state index in [-0.39, 0.29) is 0 Å². The summed E-state index contributed by atoms with van der Waals surface area (Å²) < 4.78 is 5.98. The van der Waals surface area contributed by atoms with E-state index >= 15 is 0 Å². The van der Waals surface area contributed by atoms with Gasteiger partial charge in [-0.2, -0.15) is 0 Å². The molecule has 2 heterocycles. The van der Waals surface area contributed by atoms with Crippen LogP contribution in [0.4, 0.5) is 11.4 Å². The summed E-state index contributed by atoms with van der Waals surface area (Å²) in [6.07, 6.45) is 0. The van der Waals surface area contributed by atoms with Crippen molar-refractivity contribution in [2.75, 3.05) is 11.5 Å². The Morgan fingerprint density at radius 2 is 1.81 bits per heavy atom.